The first-order valence-corrected chi connectivity index (χ1v) is 4.80. The molecule has 1 aromatic heterocycles. The van der Waals surface area contributed by atoms with Gasteiger partial charge in [0, 0.05) is 19.5 Å². The summed E-state index contributed by atoms with van der Waals surface area (Å²) < 4.78 is 1.91. The highest BCUT2D eigenvalue weighted by Gasteiger charge is 2.12. The van der Waals surface area contributed by atoms with Crippen molar-refractivity contribution in [3.05, 3.63) is 17.5 Å². The van der Waals surface area contributed by atoms with Crippen LogP contribution in [0.25, 0.3) is 0 Å². The summed E-state index contributed by atoms with van der Waals surface area (Å²) in [4.78, 5) is 0. The Morgan fingerprint density at radius 3 is 2.86 bits per heavy atom. The first-order chi connectivity index (χ1) is 6.69. The maximum absolute atomic E-state index is 5.25. The van der Waals surface area contributed by atoms with Gasteiger partial charge < -0.3 is 5.32 Å². The molecule has 0 fully saturated rings. The van der Waals surface area contributed by atoms with E-state index in [2.05, 4.69) is 22.4 Å². The molecule has 0 saturated heterocycles. The normalized spacial score (nSPS) is 12.4. The maximum atomic E-state index is 5.25. The van der Waals surface area contributed by atoms with Gasteiger partial charge in [0.25, 0.3) is 0 Å². The lowest BCUT2D eigenvalue weighted by molar-refractivity contribution is 0.513. The van der Waals surface area contributed by atoms with Crippen LogP contribution < -0.4 is 5.32 Å². The minimum Gasteiger partial charge on any atom is -0.312 e. The molecule has 0 saturated carbocycles. The first-order valence-electron chi connectivity index (χ1n) is 4.80. The van der Waals surface area contributed by atoms with Crippen molar-refractivity contribution in [2.24, 2.45) is 7.05 Å². The molecule has 1 N–H and O–H groups in total. The van der Waals surface area contributed by atoms with Crippen molar-refractivity contribution >= 4 is 0 Å². The maximum Gasteiger partial charge on any atom is 0.0597 e. The molecular formula is C11H17N3. The van der Waals surface area contributed by atoms with Crippen molar-refractivity contribution in [2.45, 2.75) is 25.8 Å². The highest BCUT2D eigenvalue weighted by atomic mass is 15.3. The van der Waals surface area contributed by atoms with Crippen molar-refractivity contribution in [3.8, 4) is 12.3 Å². The van der Waals surface area contributed by atoms with Crippen LogP contribution in [0.15, 0.2) is 6.07 Å². The Labute approximate surface area is 85.5 Å². The number of rotatable bonds is 4. The third-order valence-electron chi connectivity index (χ3n) is 2.32. The summed E-state index contributed by atoms with van der Waals surface area (Å²) in [5, 5.41) is 7.56. The highest BCUT2D eigenvalue weighted by Crippen LogP contribution is 2.17. The van der Waals surface area contributed by atoms with Gasteiger partial charge in [0.2, 0.25) is 0 Å². The monoisotopic (exact) mass is 191 g/mol. The number of terminal acetylenes is 1. The average molecular weight is 191 g/mol. The Morgan fingerprint density at radius 1 is 1.71 bits per heavy atom. The van der Waals surface area contributed by atoms with Gasteiger partial charge in [0.1, 0.15) is 0 Å². The van der Waals surface area contributed by atoms with Gasteiger partial charge in [-0.15, -0.1) is 12.3 Å². The van der Waals surface area contributed by atoms with Crippen molar-refractivity contribution in [1.29, 1.82) is 0 Å². The zero-order chi connectivity index (χ0) is 10.6. The summed E-state index contributed by atoms with van der Waals surface area (Å²) in [6.45, 7) is 2.00. The summed E-state index contributed by atoms with van der Waals surface area (Å²) in [5.74, 6) is 2.66. The molecule has 0 spiro atoms. The van der Waals surface area contributed by atoms with E-state index in [0.29, 0.717) is 6.04 Å². The van der Waals surface area contributed by atoms with Gasteiger partial charge in [-0.05, 0) is 26.5 Å². The summed E-state index contributed by atoms with van der Waals surface area (Å²) in [6, 6.07) is 2.40. The van der Waals surface area contributed by atoms with Gasteiger partial charge in [0.05, 0.1) is 11.4 Å². The SMILES string of the molecule is C#CCCC(NC)c1cc(C)nn1C. The predicted octanol–water partition coefficient (Wildman–Crippen LogP) is 1.40. The number of aryl methyl sites for hydroxylation is 2. The molecule has 0 aliphatic heterocycles. The van der Waals surface area contributed by atoms with E-state index in [9.17, 15) is 0 Å². The molecule has 3 heteroatoms. The fraction of sp³-hybridized carbons (Fsp3) is 0.545. The Kier molecular flexibility index (Phi) is 3.73. The Balaban J connectivity index is 2.79. The fourth-order valence-electron chi connectivity index (χ4n) is 1.62. The van der Waals surface area contributed by atoms with Gasteiger partial charge in [0.15, 0.2) is 0 Å². The summed E-state index contributed by atoms with van der Waals surface area (Å²) in [5.41, 5.74) is 2.24. The van der Waals surface area contributed by atoms with E-state index in [1.54, 1.807) is 0 Å². The van der Waals surface area contributed by atoms with Crippen LogP contribution in [0.4, 0.5) is 0 Å². The third-order valence-corrected chi connectivity index (χ3v) is 2.32. The molecular weight excluding hydrogens is 174 g/mol. The van der Waals surface area contributed by atoms with E-state index in [1.165, 1.54) is 5.69 Å². The van der Waals surface area contributed by atoms with Gasteiger partial charge in [-0.2, -0.15) is 5.10 Å². The highest BCUT2D eigenvalue weighted by molar-refractivity contribution is 5.13. The van der Waals surface area contributed by atoms with Crippen molar-refractivity contribution in [2.75, 3.05) is 7.05 Å². The molecule has 3 nitrogen and oxygen atoms in total. The van der Waals surface area contributed by atoms with E-state index in [1.807, 2.05) is 25.7 Å². The second-order valence-corrected chi connectivity index (χ2v) is 3.42. The van der Waals surface area contributed by atoms with Gasteiger partial charge >= 0.3 is 0 Å². The molecule has 0 aliphatic rings. The quantitative estimate of drug-likeness (QED) is 0.729. The fourth-order valence-corrected chi connectivity index (χ4v) is 1.62. The Hall–Kier alpha value is -1.27. The third kappa shape index (κ3) is 2.36. The van der Waals surface area contributed by atoms with Crippen LogP contribution in [0.1, 0.15) is 30.3 Å². The van der Waals surface area contributed by atoms with Crippen LogP contribution in [-0.4, -0.2) is 16.8 Å². The van der Waals surface area contributed by atoms with E-state index in [-0.39, 0.29) is 0 Å². The topological polar surface area (TPSA) is 29.9 Å². The van der Waals surface area contributed by atoms with Crippen molar-refractivity contribution < 1.29 is 0 Å². The van der Waals surface area contributed by atoms with Crippen LogP contribution in [0.2, 0.25) is 0 Å². The summed E-state index contributed by atoms with van der Waals surface area (Å²) in [7, 11) is 3.91. The van der Waals surface area contributed by atoms with Crippen LogP contribution in [0, 0.1) is 19.3 Å². The zero-order valence-electron chi connectivity index (χ0n) is 9.04. The number of hydrogen-bond donors (Lipinski definition) is 1. The van der Waals surface area contributed by atoms with Crippen LogP contribution in [0.3, 0.4) is 0 Å². The molecule has 0 aromatic carbocycles. The van der Waals surface area contributed by atoms with E-state index >= 15 is 0 Å². The molecule has 1 rings (SSSR count). The smallest absolute Gasteiger partial charge is 0.0597 e. The molecule has 1 aromatic rings. The van der Waals surface area contributed by atoms with Crippen LogP contribution in [0.5, 0.6) is 0 Å². The van der Waals surface area contributed by atoms with E-state index in [4.69, 9.17) is 6.42 Å². The Bertz CT molecular complexity index is 333. The molecule has 76 valence electrons. The van der Waals surface area contributed by atoms with E-state index in [0.717, 1.165) is 18.5 Å². The lowest BCUT2D eigenvalue weighted by atomic mass is 10.1. The van der Waals surface area contributed by atoms with Gasteiger partial charge in [-0.25, -0.2) is 0 Å². The first kappa shape index (κ1) is 10.8. The number of aromatic nitrogens is 2. The Morgan fingerprint density at radius 2 is 2.43 bits per heavy atom. The van der Waals surface area contributed by atoms with Gasteiger partial charge in [-0.1, -0.05) is 0 Å². The predicted molar refractivity (Wildman–Crippen MR) is 57.8 cm³/mol. The van der Waals surface area contributed by atoms with Gasteiger partial charge in [-0.3, -0.25) is 4.68 Å². The molecule has 0 amide bonds. The second-order valence-electron chi connectivity index (χ2n) is 3.42. The van der Waals surface area contributed by atoms with Crippen LogP contribution >= 0.6 is 0 Å². The van der Waals surface area contributed by atoms with Crippen molar-refractivity contribution in [3.63, 3.8) is 0 Å². The zero-order valence-corrected chi connectivity index (χ0v) is 9.04. The average Bonchev–Trinajstić information content (AvgIpc) is 2.47. The summed E-state index contributed by atoms with van der Waals surface area (Å²) in [6.07, 6.45) is 6.99. The lowest BCUT2D eigenvalue weighted by Gasteiger charge is -2.14. The number of nitrogens with one attached hydrogen (secondary N) is 1. The largest absolute Gasteiger partial charge is 0.312 e. The standard InChI is InChI=1S/C11H17N3/c1-5-6-7-10(12-3)11-8-9(2)13-14(11)4/h1,8,10,12H,6-7H2,2-4H3. The molecule has 0 radical (unpaired) electrons. The van der Waals surface area contributed by atoms with Crippen molar-refractivity contribution in [1.82, 2.24) is 15.1 Å². The summed E-state index contributed by atoms with van der Waals surface area (Å²) >= 11 is 0. The molecule has 0 bridgehead atoms. The number of nitrogens with zero attached hydrogens (tertiary/aromatic N) is 2. The molecule has 1 atom stereocenters. The van der Waals surface area contributed by atoms with E-state index < -0.39 is 0 Å². The van der Waals surface area contributed by atoms with Crippen LogP contribution in [-0.2, 0) is 7.05 Å². The minimum atomic E-state index is 0.303. The molecule has 0 aliphatic carbocycles. The molecule has 1 heterocycles. The molecule has 1 unspecified atom stereocenters. The number of hydrogen-bond acceptors (Lipinski definition) is 2. The minimum absolute atomic E-state index is 0.303. The second kappa shape index (κ2) is 4.83. The molecule has 14 heavy (non-hydrogen) atoms. The lowest BCUT2D eigenvalue weighted by Crippen LogP contribution is -2.19.